The van der Waals surface area contributed by atoms with E-state index in [9.17, 15) is 30.0 Å². The predicted octanol–water partition coefficient (Wildman–Crippen LogP) is 0.0966. The van der Waals surface area contributed by atoms with Crippen molar-refractivity contribution < 1.29 is 44.2 Å². The minimum atomic E-state index is -1.56. The topological polar surface area (TPSA) is 199 Å². The maximum Gasteiger partial charge on any atom is 0.247 e. The number of ether oxygens (including phenoxy) is 3. The molecule has 46 heavy (non-hydrogen) atoms. The molecule has 2 aromatic rings. The highest BCUT2D eigenvalue weighted by molar-refractivity contribution is 5.90. The van der Waals surface area contributed by atoms with E-state index in [-0.39, 0.29) is 30.0 Å². The molecular formula is C32H49N5O9. The Bertz CT molecular complexity index is 1330. The molecule has 2 aliphatic rings. The second kappa shape index (κ2) is 15.5. The number of aliphatic hydroxyl groups is 4. The summed E-state index contributed by atoms with van der Waals surface area (Å²) in [5.41, 5.74) is 2.53. The Morgan fingerprint density at radius 3 is 2.52 bits per heavy atom. The number of carbonyl (C=O) groups excluding carboxylic acids is 2. The lowest BCUT2D eigenvalue weighted by Gasteiger charge is -2.39. The average Bonchev–Trinajstić information content (AvgIpc) is 3.42. The molecule has 0 aliphatic carbocycles. The molecule has 2 amide bonds. The van der Waals surface area contributed by atoms with E-state index < -0.39 is 42.9 Å². The third-order valence-corrected chi connectivity index (χ3v) is 8.40. The van der Waals surface area contributed by atoms with E-state index in [1.54, 1.807) is 18.7 Å². The van der Waals surface area contributed by atoms with Crippen LogP contribution in [-0.4, -0.2) is 123 Å². The number of aryl methyl sites for hydroxylation is 1. The molecule has 14 nitrogen and oxygen atoms in total. The highest BCUT2D eigenvalue weighted by atomic mass is 16.7. The van der Waals surface area contributed by atoms with Crippen LogP contribution in [0.1, 0.15) is 68.8 Å². The third kappa shape index (κ3) is 8.55. The van der Waals surface area contributed by atoms with Crippen LogP contribution in [0.15, 0.2) is 18.2 Å². The summed E-state index contributed by atoms with van der Waals surface area (Å²) in [6, 6.07) is 5.71. The molecule has 0 saturated carbocycles. The van der Waals surface area contributed by atoms with Crippen LogP contribution in [0.4, 0.5) is 0 Å². The number of hydrogen-bond donors (Lipinski definition) is 7. The van der Waals surface area contributed by atoms with Gasteiger partial charge < -0.3 is 50.2 Å². The summed E-state index contributed by atoms with van der Waals surface area (Å²) in [5.74, 6) is 0.624. The zero-order valence-electron chi connectivity index (χ0n) is 27.3. The molecule has 2 fully saturated rings. The largest absolute Gasteiger partial charge is 0.494 e. The van der Waals surface area contributed by atoms with Gasteiger partial charge in [0.1, 0.15) is 35.7 Å². The summed E-state index contributed by atoms with van der Waals surface area (Å²) in [6.07, 6.45) is -5.92. The average molecular weight is 648 g/mol. The number of carbonyl (C=O) groups is 2. The van der Waals surface area contributed by atoms with Crippen molar-refractivity contribution in [2.75, 3.05) is 39.4 Å². The summed E-state index contributed by atoms with van der Waals surface area (Å²) >= 11 is 0. The van der Waals surface area contributed by atoms with Gasteiger partial charge in [0.2, 0.25) is 24.0 Å². The van der Waals surface area contributed by atoms with E-state index in [0.29, 0.717) is 38.3 Å². The molecule has 2 saturated heterocycles. The standard InChI is InChI=1S/C32H49N5O9/c1-18(2)25-22(29(36-35-25)46-30-28(42)27(41)26(40)23(17-38)45-30)16-20-8-9-21(15-19(20)3)44-14-6-7-24(39)34-32(4,5)31(43)37-12-10-33-11-13-37/h8-9,15,18,23,26-28,30,33,38,40-42H,6-7,10-14,16-17H2,1-5H3,(H,34,39)(H,35,36)/t23-,26+,27+,28-,30+/m1/s1. The summed E-state index contributed by atoms with van der Waals surface area (Å²) in [6.45, 7) is 11.9. The van der Waals surface area contributed by atoms with Crippen molar-refractivity contribution in [3.05, 3.63) is 40.6 Å². The number of piperazine rings is 1. The highest BCUT2D eigenvalue weighted by Crippen LogP contribution is 2.32. The molecule has 0 unspecified atom stereocenters. The molecule has 5 atom stereocenters. The van der Waals surface area contributed by atoms with Gasteiger partial charge in [-0.15, -0.1) is 5.10 Å². The van der Waals surface area contributed by atoms with E-state index in [4.69, 9.17) is 14.2 Å². The van der Waals surface area contributed by atoms with Crippen LogP contribution in [0.25, 0.3) is 0 Å². The van der Waals surface area contributed by atoms with Gasteiger partial charge in [-0.1, -0.05) is 19.9 Å². The SMILES string of the molecule is Cc1cc(OCCCC(=O)NC(C)(C)C(=O)N2CCNCC2)ccc1Cc1c(O[C@@H]2O[C@H](CO)[C@H](O)[C@H](O)[C@H]2O)n[nH]c1C(C)C. The Kier molecular flexibility index (Phi) is 12.0. The number of aromatic amines is 1. The van der Waals surface area contributed by atoms with Crippen LogP contribution in [0.5, 0.6) is 11.6 Å². The first kappa shape index (κ1) is 35.6. The molecule has 0 radical (unpaired) electrons. The lowest BCUT2D eigenvalue weighted by Crippen LogP contribution is -2.60. The first-order valence-corrected chi connectivity index (χ1v) is 15.9. The lowest BCUT2D eigenvalue weighted by molar-refractivity contribution is -0.278. The quantitative estimate of drug-likeness (QED) is 0.146. The van der Waals surface area contributed by atoms with Crippen LogP contribution in [0.3, 0.4) is 0 Å². The molecule has 7 N–H and O–H groups in total. The van der Waals surface area contributed by atoms with Gasteiger partial charge in [-0.05, 0) is 56.4 Å². The van der Waals surface area contributed by atoms with Gasteiger partial charge in [0.15, 0.2) is 0 Å². The molecular weight excluding hydrogens is 598 g/mol. The minimum Gasteiger partial charge on any atom is -0.494 e. The van der Waals surface area contributed by atoms with Gasteiger partial charge in [-0.3, -0.25) is 14.7 Å². The van der Waals surface area contributed by atoms with E-state index in [1.165, 1.54) is 0 Å². The van der Waals surface area contributed by atoms with Gasteiger partial charge in [0.05, 0.1) is 13.2 Å². The van der Waals surface area contributed by atoms with Crippen molar-refractivity contribution >= 4 is 11.8 Å². The number of hydrogen-bond acceptors (Lipinski definition) is 11. The van der Waals surface area contributed by atoms with Crippen molar-refractivity contribution in [2.45, 2.75) is 96.0 Å². The molecule has 0 spiro atoms. The number of aliphatic hydroxyl groups excluding tert-OH is 4. The Morgan fingerprint density at radius 2 is 1.87 bits per heavy atom. The number of aromatic nitrogens is 2. The molecule has 3 heterocycles. The number of amides is 2. The summed E-state index contributed by atoms with van der Waals surface area (Å²) in [5, 5.41) is 53.6. The second-order valence-electron chi connectivity index (χ2n) is 12.8. The van der Waals surface area contributed by atoms with Crippen LogP contribution >= 0.6 is 0 Å². The Morgan fingerprint density at radius 1 is 1.15 bits per heavy atom. The first-order valence-electron chi connectivity index (χ1n) is 15.9. The van der Waals surface area contributed by atoms with E-state index in [0.717, 1.165) is 35.5 Å². The van der Waals surface area contributed by atoms with Crippen molar-refractivity contribution in [2.24, 2.45) is 0 Å². The molecule has 1 aromatic heterocycles. The van der Waals surface area contributed by atoms with Gasteiger partial charge >= 0.3 is 0 Å². The van der Waals surface area contributed by atoms with Gasteiger partial charge in [-0.25, -0.2) is 0 Å². The molecule has 1 aromatic carbocycles. The fourth-order valence-corrected chi connectivity index (χ4v) is 5.68. The Labute approximate surface area is 269 Å². The number of H-pyrrole nitrogens is 1. The van der Waals surface area contributed by atoms with E-state index >= 15 is 0 Å². The third-order valence-electron chi connectivity index (χ3n) is 8.40. The summed E-state index contributed by atoms with van der Waals surface area (Å²) in [4.78, 5) is 27.2. The smallest absolute Gasteiger partial charge is 0.247 e. The first-order chi connectivity index (χ1) is 21.8. The molecule has 0 bridgehead atoms. The van der Waals surface area contributed by atoms with Crippen LogP contribution < -0.4 is 20.1 Å². The van der Waals surface area contributed by atoms with Gasteiger partial charge in [0, 0.05) is 50.3 Å². The Balaban J connectivity index is 1.32. The second-order valence-corrected chi connectivity index (χ2v) is 12.8. The van der Waals surface area contributed by atoms with Crippen molar-refractivity contribution in [3.63, 3.8) is 0 Å². The fraction of sp³-hybridized carbons (Fsp3) is 0.656. The zero-order chi connectivity index (χ0) is 33.6. The van der Waals surface area contributed by atoms with Crippen molar-refractivity contribution in [1.82, 2.24) is 25.7 Å². The molecule has 14 heteroatoms. The zero-order valence-corrected chi connectivity index (χ0v) is 27.3. The summed E-state index contributed by atoms with van der Waals surface area (Å²) < 4.78 is 17.3. The molecule has 2 aliphatic heterocycles. The summed E-state index contributed by atoms with van der Waals surface area (Å²) in [7, 11) is 0. The number of nitrogens with zero attached hydrogens (tertiary/aromatic N) is 2. The lowest BCUT2D eigenvalue weighted by atomic mass is 9.96. The number of rotatable bonds is 13. The number of nitrogens with one attached hydrogen (secondary N) is 3. The predicted molar refractivity (Wildman–Crippen MR) is 167 cm³/mol. The molecule has 256 valence electrons. The monoisotopic (exact) mass is 647 g/mol. The van der Waals surface area contributed by atoms with Crippen LogP contribution in [0.2, 0.25) is 0 Å². The Hall–Kier alpha value is -3.27. The fourth-order valence-electron chi connectivity index (χ4n) is 5.68. The van der Waals surface area contributed by atoms with Crippen molar-refractivity contribution in [1.29, 1.82) is 0 Å². The van der Waals surface area contributed by atoms with Gasteiger partial charge in [0.25, 0.3) is 0 Å². The maximum atomic E-state index is 12.9. The van der Waals surface area contributed by atoms with Crippen LogP contribution in [0, 0.1) is 6.92 Å². The maximum absolute atomic E-state index is 12.9. The normalized spacial score (nSPS) is 23.8. The molecule has 4 rings (SSSR count). The van der Waals surface area contributed by atoms with E-state index in [2.05, 4.69) is 20.8 Å². The number of benzene rings is 1. The minimum absolute atomic E-state index is 0.0699. The van der Waals surface area contributed by atoms with Crippen molar-refractivity contribution in [3.8, 4) is 11.6 Å². The van der Waals surface area contributed by atoms with Crippen LogP contribution in [-0.2, 0) is 20.7 Å². The van der Waals surface area contributed by atoms with E-state index in [1.807, 2.05) is 39.0 Å². The van der Waals surface area contributed by atoms with Gasteiger partial charge in [-0.2, -0.15) is 0 Å². The highest BCUT2D eigenvalue weighted by Gasteiger charge is 2.45.